The molecule has 1 fully saturated rings. The maximum Gasteiger partial charge on any atom is 0.235 e. The first-order chi connectivity index (χ1) is 8.00. The summed E-state index contributed by atoms with van der Waals surface area (Å²) in [6.07, 6.45) is 6.23. The van der Waals surface area contributed by atoms with Crippen molar-refractivity contribution in [2.45, 2.75) is 58.0 Å². The van der Waals surface area contributed by atoms with E-state index in [1.165, 1.54) is 25.7 Å². The second kappa shape index (κ2) is 6.97. The molecule has 0 bridgehead atoms. The van der Waals surface area contributed by atoms with Crippen LogP contribution in [0.4, 0.5) is 0 Å². The molecule has 1 unspecified atom stereocenters. The van der Waals surface area contributed by atoms with Gasteiger partial charge in [-0.1, -0.05) is 26.7 Å². The smallest absolute Gasteiger partial charge is 0.235 e. The first kappa shape index (κ1) is 14.5. The largest absolute Gasteiger partial charge is 0.368 e. The first-order valence-electron chi connectivity index (χ1n) is 6.79. The van der Waals surface area contributed by atoms with Crippen LogP contribution in [-0.2, 0) is 4.79 Å². The van der Waals surface area contributed by atoms with Gasteiger partial charge in [0.1, 0.15) is 0 Å². The second-order valence-corrected chi connectivity index (χ2v) is 5.62. The van der Waals surface area contributed by atoms with E-state index in [0.29, 0.717) is 18.5 Å². The Labute approximate surface area is 105 Å². The lowest BCUT2D eigenvalue weighted by Crippen LogP contribution is -2.49. The number of nitrogens with two attached hydrogens (primary N) is 2. The summed E-state index contributed by atoms with van der Waals surface area (Å²) in [5.41, 5.74) is 11.0. The molecule has 100 valence electrons. The minimum Gasteiger partial charge on any atom is -0.368 e. The monoisotopic (exact) mass is 241 g/mol. The number of nitrogens with zero attached hydrogens (tertiary/aromatic N) is 1. The minimum atomic E-state index is -0.525. The number of hydrogen-bond acceptors (Lipinski definition) is 3. The third-order valence-corrected chi connectivity index (χ3v) is 3.63. The number of primary amides is 1. The number of amides is 1. The molecule has 0 aromatic heterocycles. The van der Waals surface area contributed by atoms with Crippen molar-refractivity contribution >= 4 is 5.91 Å². The van der Waals surface area contributed by atoms with E-state index in [1.54, 1.807) is 0 Å². The van der Waals surface area contributed by atoms with Gasteiger partial charge >= 0.3 is 0 Å². The molecular formula is C13H27N3O. The fraction of sp³-hybridized carbons (Fsp3) is 0.923. The van der Waals surface area contributed by atoms with E-state index in [4.69, 9.17) is 11.5 Å². The summed E-state index contributed by atoms with van der Waals surface area (Å²) in [6, 6.07) is 0.0851. The summed E-state index contributed by atoms with van der Waals surface area (Å²) in [5.74, 6) is 0.293. The highest BCUT2D eigenvalue weighted by atomic mass is 16.1. The van der Waals surface area contributed by atoms with Crippen molar-refractivity contribution < 1.29 is 4.79 Å². The summed E-state index contributed by atoms with van der Waals surface area (Å²) < 4.78 is 0. The fourth-order valence-electron chi connectivity index (χ4n) is 2.46. The van der Waals surface area contributed by atoms with Crippen molar-refractivity contribution in [1.29, 1.82) is 0 Å². The molecule has 4 heteroatoms. The topological polar surface area (TPSA) is 72.3 Å². The highest BCUT2D eigenvalue weighted by molar-refractivity contribution is 5.79. The van der Waals surface area contributed by atoms with E-state index in [-0.39, 0.29) is 0 Å². The van der Waals surface area contributed by atoms with E-state index in [9.17, 15) is 4.79 Å². The van der Waals surface area contributed by atoms with E-state index in [1.807, 2.05) is 0 Å². The van der Waals surface area contributed by atoms with Gasteiger partial charge in [-0.15, -0.1) is 0 Å². The quantitative estimate of drug-likeness (QED) is 0.701. The van der Waals surface area contributed by atoms with Gasteiger partial charge in [-0.3, -0.25) is 9.69 Å². The summed E-state index contributed by atoms with van der Waals surface area (Å²) in [7, 11) is 0. The molecule has 0 aromatic rings. The van der Waals surface area contributed by atoms with E-state index in [0.717, 1.165) is 13.0 Å². The van der Waals surface area contributed by atoms with Crippen molar-refractivity contribution in [2.75, 3.05) is 13.1 Å². The van der Waals surface area contributed by atoms with Crippen molar-refractivity contribution in [1.82, 2.24) is 4.90 Å². The van der Waals surface area contributed by atoms with Crippen LogP contribution in [0.3, 0.4) is 0 Å². The van der Waals surface area contributed by atoms with E-state index < -0.39 is 11.9 Å². The van der Waals surface area contributed by atoms with Gasteiger partial charge in [0.05, 0.1) is 6.04 Å². The predicted molar refractivity (Wildman–Crippen MR) is 70.5 cm³/mol. The van der Waals surface area contributed by atoms with E-state index >= 15 is 0 Å². The predicted octanol–water partition coefficient (Wildman–Crippen LogP) is 1.09. The first-order valence-corrected chi connectivity index (χ1v) is 6.79. The van der Waals surface area contributed by atoms with Gasteiger partial charge in [-0.25, -0.2) is 0 Å². The molecule has 0 aromatic carbocycles. The molecule has 1 rings (SSSR count). The van der Waals surface area contributed by atoms with Gasteiger partial charge < -0.3 is 11.5 Å². The SMILES string of the molecule is CC(C)CCN(CC(N)C(N)=O)C1CCCC1. The molecule has 0 radical (unpaired) electrons. The molecule has 1 aliphatic carbocycles. The lowest BCUT2D eigenvalue weighted by Gasteiger charge is -2.31. The Balaban J connectivity index is 2.48. The maximum atomic E-state index is 11.1. The number of rotatable bonds is 7. The van der Waals surface area contributed by atoms with Gasteiger partial charge in [-0.05, 0) is 31.7 Å². The van der Waals surface area contributed by atoms with Crippen LogP contribution in [-0.4, -0.2) is 36.0 Å². The van der Waals surface area contributed by atoms with Crippen LogP contribution in [0.1, 0.15) is 46.0 Å². The Bertz CT molecular complexity index is 237. The summed E-state index contributed by atoms with van der Waals surface area (Å²) in [4.78, 5) is 13.4. The Morgan fingerprint density at radius 3 is 2.41 bits per heavy atom. The van der Waals surface area contributed by atoms with E-state index in [2.05, 4.69) is 18.7 Å². The summed E-state index contributed by atoms with van der Waals surface area (Å²) in [6.45, 7) is 6.09. The molecule has 0 saturated heterocycles. The lowest BCUT2D eigenvalue weighted by molar-refractivity contribution is -0.119. The van der Waals surface area contributed by atoms with Crippen LogP contribution in [0.15, 0.2) is 0 Å². The zero-order valence-corrected chi connectivity index (χ0v) is 11.2. The Kier molecular flexibility index (Phi) is 5.92. The Morgan fingerprint density at radius 1 is 1.35 bits per heavy atom. The molecule has 0 spiro atoms. The van der Waals surface area contributed by atoms with Gasteiger partial charge in [0.2, 0.25) is 5.91 Å². The molecule has 1 atom stereocenters. The second-order valence-electron chi connectivity index (χ2n) is 5.62. The Morgan fingerprint density at radius 2 is 1.94 bits per heavy atom. The van der Waals surface area contributed by atoms with Crippen molar-refractivity contribution in [3.8, 4) is 0 Å². The molecule has 0 aliphatic heterocycles. The highest BCUT2D eigenvalue weighted by Crippen LogP contribution is 2.24. The van der Waals surface area contributed by atoms with Gasteiger partial charge in [0, 0.05) is 12.6 Å². The maximum absolute atomic E-state index is 11.1. The van der Waals surface area contributed by atoms with Gasteiger partial charge in [0.15, 0.2) is 0 Å². The molecule has 17 heavy (non-hydrogen) atoms. The molecule has 4 nitrogen and oxygen atoms in total. The molecule has 1 aliphatic rings. The normalized spacial score (nSPS) is 19.1. The van der Waals surface area contributed by atoms with Crippen LogP contribution < -0.4 is 11.5 Å². The van der Waals surface area contributed by atoms with Crippen molar-refractivity contribution in [2.24, 2.45) is 17.4 Å². The van der Waals surface area contributed by atoms with Crippen LogP contribution in [0.2, 0.25) is 0 Å². The average molecular weight is 241 g/mol. The fourth-order valence-corrected chi connectivity index (χ4v) is 2.46. The zero-order chi connectivity index (χ0) is 12.8. The molecule has 1 saturated carbocycles. The zero-order valence-electron chi connectivity index (χ0n) is 11.2. The van der Waals surface area contributed by atoms with Crippen LogP contribution in [0.25, 0.3) is 0 Å². The average Bonchev–Trinajstić information content (AvgIpc) is 2.76. The van der Waals surface area contributed by atoms with Crippen molar-refractivity contribution in [3.05, 3.63) is 0 Å². The standard InChI is InChI=1S/C13H27N3O/c1-10(2)7-8-16(9-12(14)13(15)17)11-5-3-4-6-11/h10-12H,3-9,14H2,1-2H3,(H2,15,17). The minimum absolute atomic E-state index is 0.391. The molecule has 0 heterocycles. The van der Waals surface area contributed by atoms with Gasteiger partial charge in [0.25, 0.3) is 0 Å². The number of carbonyl (C=O) groups excluding carboxylic acids is 1. The summed E-state index contributed by atoms with van der Waals surface area (Å²) in [5, 5.41) is 0. The number of carbonyl (C=O) groups is 1. The lowest BCUT2D eigenvalue weighted by atomic mass is 10.1. The molecule has 4 N–H and O–H groups in total. The third-order valence-electron chi connectivity index (χ3n) is 3.63. The molecular weight excluding hydrogens is 214 g/mol. The summed E-state index contributed by atoms with van der Waals surface area (Å²) >= 11 is 0. The highest BCUT2D eigenvalue weighted by Gasteiger charge is 2.25. The van der Waals surface area contributed by atoms with Crippen LogP contribution in [0, 0.1) is 5.92 Å². The van der Waals surface area contributed by atoms with Crippen LogP contribution >= 0.6 is 0 Å². The molecule has 1 amide bonds. The van der Waals surface area contributed by atoms with Crippen LogP contribution in [0.5, 0.6) is 0 Å². The third kappa shape index (κ3) is 5.04. The van der Waals surface area contributed by atoms with Gasteiger partial charge in [-0.2, -0.15) is 0 Å². The number of hydrogen-bond donors (Lipinski definition) is 2. The Hall–Kier alpha value is -0.610. The van der Waals surface area contributed by atoms with Crippen molar-refractivity contribution in [3.63, 3.8) is 0 Å².